The highest BCUT2D eigenvalue weighted by Crippen LogP contribution is 2.24. The Morgan fingerprint density at radius 2 is 1.80 bits per heavy atom. The normalized spacial score (nSPS) is 15.2. The predicted molar refractivity (Wildman–Crippen MR) is 101 cm³/mol. The van der Waals surface area contributed by atoms with Gasteiger partial charge in [-0.15, -0.1) is 0 Å². The van der Waals surface area contributed by atoms with Crippen LogP contribution in [-0.2, 0) is 6.61 Å². The fourth-order valence-corrected chi connectivity index (χ4v) is 3.03. The lowest BCUT2D eigenvalue weighted by Crippen LogP contribution is -2.47. The van der Waals surface area contributed by atoms with Crippen LogP contribution < -0.4 is 4.74 Å². The SMILES string of the molecule is CN1CCN(C(=O)c2cccc(OCc3ccc(Cl)c(Cl)c3)c2)CC1. The fraction of sp³-hybridized carbons (Fsp3) is 0.316. The third-order valence-electron chi connectivity index (χ3n) is 4.26. The average Bonchev–Trinajstić information content (AvgIpc) is 2.63. The second-order valence-electron chi connectivity index (χ2n) is 6.16. The van der Waals surface area contributed by atoms with Crippen molar-refractivity contribution in [2.24, 2.45) is 0 Å². The van der Waals surface area contributed by atoms with Gasteiger partial charge in [-0.05, 0) is 42.9 Å². The number of hydrogen-bond donors (Lipinski definition) is 0. The summed E-state index contributed by atoms with van der Waals surface area (Å²) in [6.07, 6.45) is 0. The lowest BCUT2D eigenvalue weighted by molar-refractivity contribution is 0.0663. The molecule has 0 aromatic heterocycles. The maximum Gasteiger partial charge on any atom is 0.254 e. The number of piperazine rings is 1. The van der Waals surface area contributed by atoms with Gasteiger partial charge in [0.2, 0.25) is 0 Å². The fourth-order valence-electron chi connectivity index (χ4n) is 2.71. The van der Waals surface area contributed by atoms with Crippen molar-refractivity contribution in [3.05, 3.63) is 63.6 Å². The molecular formula is C19H20Cl2N2O2. The molecule has 1 saturated heterocycles. The van der Waals surface area contributed by atoms with Gasteiger partial charge >= 0.3 is 0 Å². The first-order valence-corrected chi connectivity index (χ1v) is 8.93. The summed E-state index contributed by atoms with van der Waals surface area (Å²) < 4.78 is 5.80. The molecule has 2 aromatic carbocycles. The number of carbonyl (C=O) groups is 1. The Hall–Kier alpha value is -1.75. The van der Waals surface area contributed by atoms with Gasteiger partial charge in [-0.2, -0.15) is 0 Å². The molecule has 1 aliphatic rings. The molecule has 0 aliphatic carbocycles. The van der Waals surface area contributed by atoms with E-state index in [4.69, 9.17) is 27.9 Å². The third-order valence-corrected chi connectivity index (χ3v) is 5.00. The zero-order chi connectivity index (χ0) is 17.8. The van der Waals surface area contributed by atoms with Crippen LogP contribution in [0.5, 0.6) is 5.75 Å². The van der Waals surface area contributed by atoms with Crippen LogP contribution in [0, 0.1) is 0 Å². The van der Waals surface area contributed by atoms with Gasteiger partial charge in [-0.25, -0.2) is 0 Å². The van der Waals surface area contributed by atoms with Gasteiger partial charge in [0.05, 0.1) is 10.0 Å². The average molecular weight is 379 g/mol. The van der Waals surface area contributed by atoms with E-state index in [-0.39, 0.29) is 5.91 Å². The van der Waals surface area contributed by atoms with E-state index in [1.807, 2.05) is 29.2 Å². The number of carbonyl (C=O) groups excluding carboxylic acids is 1. The standard InChI is InChI=1S/C19H20Cl2N2O2/c1-22-7-9-23(10-8-22)19(24)15-3-2-4-16(12-15)25-13-14-5-6-17(20)18(21)11-14/h2-6,11-12H,7-10,13H2,1H3. The zero-order valence-corrected chi connectivity index (χ0v) is 15.6. The minimum atomic E-state index is 0.0492. The molecule has 0 saturated carbocycles. The van der Waals surface area contributed by atoms with Gasteiger partial charge in [0.1, 0.15) is 12.4 Å². The van der Waals surface area contributed by atoms with Crippen molar-refractivity contribution in [3.8, 4) is 5.75 Å². The topological polar surface area (TPSA) is 32.8 Å². The van der Waals surface area contributed by atoms with Crippen LogP contribution in [-0.4, -0.2) is 48.9 Å². The van der Waals surface area contributed by atoms with Crippen LogP contribution in [0.2, 0.25) is 10.0 Å². The van der Waals surface area contributed by atoms with Crippen LogP contribution in [0.15, 0.2) is 42.5 Å². The summed E-state index contributed by atoms with van der Waals surface area (Å²) in [5.74, 6) is 0.708. The quantitative estimate of drug-likeness (QED) is 0.806. The summed E-state index contributed by atoms with van der Waals surface area (Å²) in [5.41, 5.74) is 1.57. The highest BCUT2D eigenvalue weighted by molar-refractivity contribution is 6.42. The summed E-state index contributed by atoms with van der Waals surface area (Å²) in [6.45, 7) is 3.68. The Morgan fingerprint density at radius 1 is 1.04 bits per heavy atom. The van der Waals surface area contributed by atoms with Crippen molar-refractivity contribution in [2.75, 3.05) is 33.2 Å². The van der Waals surface area contributed by atoms with Crippen molar-refractivity contribution < 1.29 is 9.53 Å². The minimum absolute atomic E-state index is 0.0492. The molecule has 6 heteroatoms. The van der Waals surface area contributed by atoms with E-state index in [0.29, 0.717) is 28.0 Å². The first-order chi connectivity index (χ1) is 12.0. The molecule has 4 nitrogen and oxygen atoms in total. The number of hydrogen-bond acceptors (Lipinski definition) is 3. The largest absolute Gasteiger partial charge is 0.489 e. The van der Waals surface area contributed by atoms with Gasteiger partial charge in [0, 0.05) is 31.7 Å². The van der Waals surface area contributed by atoms with Crippen molar-refractivity contribution >= 4 is 29.1 Å². The Bertz CT molecular complexity index is 759. The number of nitrogens with zero attached hydrogens (tertiary/aromatic N) is 2. The van der Waals surface area contributed by atoms with Crippen molar-refractivity contribution in [3.63, 3.8) is 0 Å². The second-order valence-corrected chi connectivity index (χ2v) is 6.97. The number of halogens is 2. The van der Waals surface area contributed by atoms with Crippen molar-refractivity contribution in [1.82, 2.24) is 9.80 Å². The maximum atomic E-state index is 12.6. The molecule has 0 radical (unpaired) electrons. The lowest BCUT2D eigenvalue weighted by Gasteiger charge is -2.32. The molecule has 3 rings (SSSR count). The molecule has 25 heavy (non-hydrogen) atoms. The number of rotatable bonds is 4. The van der Waals surface area contributed by atoms with Crippen molar-refractivity contribution in [1.29, 1.82) is 0 Å². The summed E-state index contributed by atoms with van der Waals surface area (Å²) in [4.78, 5) is 16.7. The highest BCUT2D eigenvalue weighted by atomic mass is 35.5. The van der Waals surface area contributed by atoms with Crippen LogP contribution in [0.4, 0.5) is 0 Å². The first-order valence-electron chi connectivity index (χ1n) is 8.17. The Balaban J connectivity index is 1.64. The molecule has 1 heterocycles. The zero-order valence-electron chi connectivity index (χ0n) is 14.0. The van der Waals surface area contributed by atoms with Crippen LogP contribution in [0.25, 0.3) is 0 Å². The Labute approximate surface area is 157 Å². The molecule has 0 N–H and O–H groups in total. The maximum absolute atomic E-state index is 12.6. The molecule has 1 fully saturated rings. The minimum Gasteiger partial charge on any atom is -0.489 e. The van der Waals surface area contributed by atoms with Gasteiger partial charge in [-0.3, -0.25) is 4.79 Å². The molecule has 1 amide bonds. The van der Waals surface area contributed by atoms with Crippen LogP contribution >= 0.6 is 23.2 Å². The highest BCUT2D eigenvalue weighted by Gasteiger charge is 2.20. The summed E-state index contributed by atoms with van der Waals surface area (Å²) in [7, 11) is 2.07. The van der Waals surface area contributed by atoms with Crippen molar-refractivity contribution in [2.45, 2.75) is 6.61 Å². The molecule has 132 valence electrons. The van der Waals surface area contributed by atoms with Gasteiger partial charge in [0.15, 0.2) is 0 Å². The van der Waals surface area contributed by atoms with Gasteiger partial charge < -0.3 is 14.5 Å². The Kier molecular flexibility index (Phi) is 5.84. The molecule has 0 unspecified atom stereocenters. The van der Waals surface area contributed by atoms with Gasteiger partial charge in [-0.1, -0.05) is 35.3 Å². The van der Waals surface area contributed by atoms with E-state index in [2.05, 4.69) is 11.9 Å². The van der Waals surface area contributed by atoms with Crippen LogP contribution in [0.1, 0.15) is 15.9 Å². The smallest absolute Gasteiger partial charge is 0.254 e. The Morgan fingerprint density at radius 3 is 2.52 bits per heavy atom. The second kappa shape index (κ2) is 8.09. The summed E-state index contributed by atoms with van der Waals surface area (Å²) in [6, 6.07) is 12.7. The summed E-state index contributed by atoms with van der Waals surface area (Å²) >= 11 is 11.9. The summed E-state index contributed by atoms with van der Waals surface area (Å²) in [5, 5.41) is 1.02. The van der Waals surface area contributed by atoms with E-state index in [0.717, 1.165) is 31.7 Å². The number of ether oxygens (including phenoxy) is 1. The predicted octanol–water partition coefficient (Wildman–Crippen LogP) is 3.96. The van der Waals surface area contributed by atoms with E-state index >= 15 is 0 Å². The molecular weight excluding hydrogens is 359 g/mol. The number of likely N-dealkylation sites (N-methyl/N-ethyl adjacent to an activating group) is 1. The van der Waals surface area contributed by atoms with E-state index in [9.17, 15) is 4.79 Å². The lowest BCUT2D eigenvalue weighted by atomic mass is 10.1. The molecule has 0 atom stereocenters. The first kappa shape index (κ1) is 18.1. The molecule has 2 aromatic rings. The number of amides is 1. The van der Waals surface area contributed by atoms with E-state index in [1.54, 1.807) is 18.2 Å². The third kappa shape index (κ3) is 4.66. The van der Waals surface area contributed by atoms with Crippen LogP contribution in [0.3, 0.4) is 0 Å². The molecule has 0 spiro atoms. The van der Waals surface area contributed by atoms with E-state index < -0.39 is 0 Å². The number of benzene rings is 2. The molecule has 1 aliphatic heterocycles. The molecule has 0 bridgehead atoms. The monoisotopic (exact) mass is 378 g/mol. The van der Waals surface area contributed by atoms with E-state index in [1.165, 1.54) is 0 Å². The van der Waals surface area contributed by atoms with Gasteiger partial charge in [0.25, 0.3) is 5.91 Å².